The number of nitrogens with zero attached hydrogens (tertiary/aromatic N) is 1. The molecule has 0 saturated heterocycles. The zero-order valence-electron chi connectivity index (χ0n) is 14.9. The fourth-order valence-corrected chi connectivity index (χ4v) is 2.74. The van der Waals surface area contributed by atoms with Crippen molar-refractivity contribution in [3.8, 4) is 0 Å². The molecule has 1 heterocycles. The second-order valence-electron chi connectivity index (χ2n) is 6.87. The predicted molar refractivity (Wildman–Crippen MR) is 96.5 cm³/mol. The van der Waals surface area contributed by atoms with E-state index >= 15 is 0 Å². The maximum absolute atomic E-state index is 12.6. The van der Waals surface area contributed by atoms with Crippen LogP contribution in [0.2, 0.25) is 5.02 Å². The van der Waals surface area contributed by atoms with Crippen molar-refractivity contribution in [3.05, 3.63) is 40.1 Å². The summed E-state index contributed by atoms with van der Waals surface area (Å²) in [5, 5.41) is 12.5. The quantitative estimate of drug-likeness (QED) is 0.782. The van der Waals surface area contributed by atoms with E-state index in [1.165, 1.54) is 12.0 Å². The van der Waals surface area contributed by atoms with E-state index in [1.807, 2.05) is 12.1 Å². The molecule has 1 aromatic carbocycles. The summed E-state index contributed by atoms with van der Waals surface area (Å²) in [6, 6.07) is 5.55. The zero-order valence-corrected chi connectivity index (χ0v) is 15.6. The van der Waals surface area contributed by atoms with Gasteiger partial charge in [-0.2, -0.15) is 0 Å². The minimum absolute atomic E-state index is 0.0883. The van der Waals surface area contributed by atoms with Gasteiger partial charge >= 0.3 is 5.97 Å². The zero-order chi connectivity index (χ0) is 18.8. The van der Waals surface area contributed by atoms with Crippen LogP contribution in [0.15, 0.2) is 29.5 Å². The Kier molecular flexibility index (Phi) is 5.75. The lowest BCUT2D eigenvalue weighted by molar-refractivity contribution is -0.136. The third kappa shape index (κ3) is 4.14. The Hall–Kier alpha value is -2.05. The number of methoxy groups -OCH3 is 1. The summed E-state index contributed by atoms with van der Waals surface area (Å²) in [4.78, 5) is 26.0. The number of amides is 1. The fourth-order valence-electron chi connectivity index (χ4n) is 2.57. The number of rotatable bonds is 5. The highest BCUT2D eigenvalue weighted by Crippen LogP contribution is 2.32. The Bertz CT molecular complexity index is 722. The molecule has 0 saturated carbocycles. The van der Waals surface area contributed by atoms with Gasteiger partial charge in [0, 0.05) is 6.54 Å². The smallest absolute Gasteiger partial charge is 0.337 e. The lowest BCUT2D eigenvalue weighted by Crippen LogP contribution is -2.31. The number of esters is 1. The van der Waals surface area contributed by atoms with Crippen molar-refractivity contribution < 1.29 is 19.4 Å². The summed E-state index contributed by atoms with van der Waals surface area (Å²) >= 11 is 6.26. The van der Waals surface area contributed by atoms with Crippen LogP contribution in [0.1, 0.15) is 26.3 Å². The number of β-amino-alcohol motifs (C(OH)–C–C–N with tert-alkyl or cyclic N) is 1. The summed E-state index contributed by atoms with van der Waals surface area (Å²) in [6.45, 7) is 6.26. The molecule has 0 aliphatic carbocycles. The third-order valence-electron chi connectivity index (χ3n) is 4.05. The maximum atomic E-state index is 12.6. The van der Waals surface area contributed by atoms with Crippen molar-refractivity contribution in [1.82, 2.24) is 4.90 Å². The van der Waals surface area contributed by atoms with Gasteiger partial charge in [0.2, 0.25) is 0 Å². The van der Waals surface area contributed by atoms with Gasteiger partial charge in [-0.05, 0) is 23.1 Å². The van der Waals surface area contributed by atoms with Crippen molar-refractivity contribution in [3.63, 3.8) is 0 Å². The van der Waals surface area contributed by atoms with Crippen molar-refractivity contribution in [2.75, 3.05) is 32.1 Å². The molecule has 136 valence electrons. The summed E-state index contributed by atoms with van der Waals surface area (Å²) in [5.41, 5.74) is 1.84. The van der Waals surface area contributed by atoms with Crippen molar-refractivity contribution in [1.29, 1.82) is 0 Å². The molecule has 25 heavy (non-hydrogen) atoms. The van der Waals surface area contributed by atoms with E-state index in [4.69, 9.17) is 21.4 Å². The van der Waals surface area contributed by atoms with E-state index in [0.717, 1.165) is 5.56 Å². The molecule has 2 rings (SSSR count). The average Bonchev–Trinajstić information content (AvgIpc) is 2.85. The second-order valence-corrected chi connectivity index (χ2v) is 7.27. The molecule has 2 N–H and O–H groups in total. The number of aliphatic hydroxyl groups is 1. The second kappa shape index (κ2) is 7.45. The molecule has 0 unspecified atom stereocenters. The molecule has 0 radical (unpaired) electrons. The first-order valence-corrected chi connectivity index (χ1v) is 8.35. The van der Waals surface area contributed by atoms with Crippen molar-refractivity contribution >= 4 is 29.2 Å². The van der Waals surface area contributed by atoms with Crippen LogP contribution in [0.3, 0.4) is 0 Å². The van der Waals surface area contributed by atoms with Gasteiger partial charge in [-0.15, -0.1) is 0 Å². The Balaban J connectivity index is 2.41. The van der Waals surface area contributed by atoms with Crippen LogP contribution in [0, 0.1) is 0 Å². The fraction of sp³-hybridized carbons (Fsp3) is 0.444. The molecule has 0 bridgehead atoms. The first-order valence-electron chi connectivity index (χ1n) is 7.97. The van der Waals surface area contributed by atoms with E-state index in [-0.39, 0.29) is 42.3 Å². The van der Waals surface area contributed by atoms with Gasteiger partial charge in [0.25, 0.3) is 5.91 Å². The minimum atomic E-state index is -0.584. The molecule has 1 aliphatic rings. The molecule has 7 heteroatoms. The van der Waals surface area contributed by atoms with E-state index in [2.05, 4.69) is 26.1 Å². The third-order valence-corrected chi connectivity index (χ3v) is 4.38. The van der Waals surface area contributed by atoms with E-state index in [9.17, 15) is 9.59 Å². The van der Waals surface area contributed by atoms with Crippen molar-refractivity contribution in [2.45, 2.75) is 26.2 Å². The van der Waals surface area contributed by atoms with Gasteiger partial charge in [0.1, 0.15) is 5.70 Å². The monoisotopic (exact) mass is 366 g/mol. The van der Waals surface area contributed by atoms with Gasteiger partial charge in [-0.3, -0.25) is 4.79 Å². The number of benzene rings is 1. The standard InChI is InChI=1S/C18H23ClN2O4/c1-18(2,3)11-5-6-13(19)14(9-11)20-15-12(17(24)25-4)10-21(7-8-22)16(15)23/h5-6,9,20,22H,7-8,10H2,1-4H3. The van der Waals surface area contributed by atoms with Gasteiger partial charge < -0.3 is 20.1 Å². The molecule has 0 spiro atoms. The highest BCUT2D eigenvalue weighted by molar-refractivity contribution is 6.33. The molecule has 0 aromatic heterocycles. The Labute approximate surface area is 152 Å². The number of aliphatic hydroxyl groups excluding tert-OH is 1. The van der Waals surface area contributed by atoms with Crippen LogP contribution >= 0.6 is 11.6 Å². The van der Waals surface area contributed by atoms with Gasteiger partial charge in [0.05, 0.1) is 36.5 Å². The highest BCUT2D eigenvalue weighted by atomic mass is 35.5. The summed E-state index contributed by atoms with van der Waals surface area (Å²) in [5.74, 6) is -0.953. The number of hydrogen-bond donors (Lipinski definition) is 2. The van der Waals surface area contributed by atoms with E-state index < -0.39 is 5.97 Å². The molecule has 0 atom stereocenters. The summed E-state index contributed by atoms with van der Waals surface area (Å²) in [6.07, 6.45) is 0. The Morgan fingerprint density at radius 1 is 1.40 bits per heavy atom. The van der Waals surface area contributed by atoms with E-state index in [1.54, 1.807) is 6.07 Å². The minimum Gasteiger partial charge on any atom is -0.466 e. The number of nitrogens with one attached hydrogen (secondary N) is 1. The number of carbonyl (C=O) groups excluding carboxylic acids is 2. The number of halogens is 1. The topological polar surface area (TPSA) is 78.9 Å². The normalized spacial score (nSPS) is 15.0. The number of hydrogen-bond acceptors (Lipinski definition) is 5. The molecule has 1 amide bonds. The van der Waals surface area contributed by atoms with Crippen LogP contribution in [-0.4, -0.2) is 48.7 Å². The van der Waals surface area contributed by atoms with Gasteiger partial charge in [0.15, 0.2) is 0 Å². The SMILES string of the molecule is COC(=O)C1=C(Nc2cc(C(C)(C)C)ccc2Cl)C(=O)N(CCO)C1. The first-order chi connectivity index (χ1) is 11.7. The highest BCUT2D eigenvalue weighted by Gasteiger charge is 2.34. The molecule has 0 fully saturated rings. The Morgan fingerprint density at radius 2 is 2.08 bits per heavy atom. The summed E-state index contributed by atoms with van der Waals surface area (Å²) in [7, 11) is 1.26. The van der Waals surface area contributed by atoms with Crippen molar-refractivity contribution in [2.24, 2.45) is 0 Å². The largest absolute Gasteiger partial charge is 0.466 e. The van der Waals surface area contributed by atoms with Gasteiger partial charge in [-0.1, -0.05) is 38.4 Å². The van der Waals surface area contributed by atoms with E-state index in [0.29, 0.717) is 10.7 Å². The number of anilines is 1. The lowest BCUT2D eigenvalue weighted by atomic mass is 9.87. The molecule has 6 nitrogen and oxygen atoms in total. The van der Waals surface area contributed by atoms with Crippen LogP contribution in [-0.2, 0) is 19.7 Å². The lowest BCUT2D eigenvalue weighted by Gasteiger charge is -2.21. The Morgan fingerprint density at radius 3 is 2.64 bits per heavy atom. The molecule has 1 aromatic rings. The van der Waals surface area contributed by atoms with Crippen LogP contribution in [0.4, 0.5) is 5.69 Å². The number of ether oxygens (including phenoxy) is 1. The predicted octanol–water partition coefficient (Wildman–Crippen LogP) is 2.31. The van der Waals surface area contributed by atoms with Crippen LogP contribution in [0.5, 0.6) is 0 Å². The van der Waals surface area contributed by atoms with Gasteiger partial charge in [-0.25, -0.2) is 4.79 Å². The summed E-state index contributed by atoms with van der Waals surface area (Å²) < 4.78 is 4.77. The first kappa shape index (κ1) is 19.3. The molecule has 1 aliphatic heterocycles. The van der Waals surface area contributed by atoms with Crippen LogP contribution in [0.25, 0.3) is 0 Å². The molecular weight excluding hydrogens is 344 g/mol. The molecular formula is C18H23ClN2O4. The average molecular weight is 367 g/mol. The number of carbonyl (C=O) groups is 2. The maximum Gasteiger partial charge on any atom is 0.337 e. The van der Waals surface area contributed by atoms with Crippen LogP contribution < -0.4 is 5.32 Å².